The summed E-state index contributed by atoms with van der Waals surface area (Å²) >= 11 is 0. The lowest BCUT2D eigenvalue weighted by Gasteiger charge is -2.15. The zero-order chi connectivity index (χ0) is 35.0. The molecule has 5 nitrogen and oxygen atoms in total. The van der Waals surface area contributed by atoms with Gasteiger partial charge in [-0.05, 0) is 83.5 Å². The molecule has 0 spiro atoms. The van der Waals surface area contributed by atoms with Crippen molar-refractivity contribution < 1.29 is 24.2 Å². The number of hydrogen-bond acceptors (Lipinski definition) is 5. The molecule has 0 fully saturated rings. The first kappa shape index (κ1) is 45.6. The van der Waals surface area contributed by atoms with Gasteiger partial charge in [0.1, 0.15) is 6.61 Å². The van der Waals surface area contributed by atoms with Crippen LogP contribution < -0.4 is 0 Å². The van der Waals surface area contributed by atoms with Crippen LogP contribution >= 0.6 is 0 Å². The lowest BCUT2D eigenvalue weighted by molar-refractivity contribution is -0.161. The van der Waals surface area contributed by atoms with Crippen molar-refractivity contribution >= 4 is 11.9 Å². The number of esters is 2. The van der Waals surface area contributed by atoms with Gasteiger partial charge in [0.2, 0.25) is 0 Å². The van der Waals surface area contributed by atoms with E-state index >= 15 is 0 Å². The zero-order valence-corrected chi connectivity index (χ0v) is 31.2. The molecule has 0 amide bonds. The number of hydrogen-bond donors (Lipinski definition) is 1. The minimum absolute atomic E-state index is 0.0892. The van der Waals surface area contributed by atoms with E-state index in [9.17, 15) is 14.7 Å². The third-order valence-electron chi connectivity index (χ3n) is 8.28. The number of allylic oxidation sites excluding steroid dienone is 10. The van der Waals surface area contributed by atoms with Crippen molar-refractivity contribution in [2.45, 2.75) is 187 Å². The Hall–Kier alpha value is -2.40. The van der Waals surface area contributed by atoms with Gasteiger partial charge < -0.3 is 14.6 Å². The summed E-state index contributed by atoms with van der Waals surface area (Å²) in [5.74, 6) is -0.643. The highest BCUT2D eigenvalue weighted by atomic mass is 16.6. The lowest BCUT2D eigenvalue weighted by atomic mass is 10.1. The molecule has 0 aliphatic rings. The number of ether oxygens (including phenoxy) is 2. The number of aliphatic hydroxyl groups is 1. The monoisotopic (exact) mass is 671 g/mol. The second kappa shape index (κ2) is 39.0. The molecule has 0 unspecified atom stereocenters. The maximum absolute atomic E-state index is 12.2. The molecule has 0 aromatic rings. The Balaban J connectivity index is 3.63. The number of aliphatic hydroxyl groups excluding tert-OH is 1. The fraction of sp³-hybridized carbons (Fsp3) is 0.721. The minimum atomic E-state index is -0.790. The Morgan fingerprint density at radius 3 is 1.29 bits per heavy atom. The molecule has 1 N–H and O–H groups in total. The van der Waals surface area contributed by atoms with Crippen molar-refractivity contribution in [2.75, 3.05) is 13.2 Å². The fourth-order valence-electron chi connectivity index (χ4n) is 5.24. The summed E-state index contributed by atoms with van der Waals surface area (Å²) in [5, 5.41) is 9.55. The summed E-state index contributed by atoms with van der Waals surface area (Å²) < 4.78 is 10.6. The largest absolute Gasteiger partial charge is 0.462 e. The van der Waals surface area contributed by atoms with E-state index in [0.29, 0.717) is 12.8 Å². The van der Waals surface area contributed by atoms with Crippen molar-refractivity contribution in [2.24, 2.45) is 0 Å². The summed E-state index contributed by atoms with van der Waals surface area (Å²) in [6.45, 7) is 4.04. The van der Waals surface area contributed by atoms with Crippen molar-refractivity contribution in [3.05, 3.63) is 60.8 Å². The Morgan fingerprint density at radius 1 is 0.479 bits per heavy atom. The second-order valence-electron chi connectivity index (χ2n) is 13.0. The molecule has 48 heavy (non-hydrogen) atoms. The van der Waals surface area contributed by atoms with Crippen LogP contribution in [0.5, 0.6) is 0 Å². The van der Waals surface area contributed by atoms with Crippen molar-refractivity contribution in [1.82, 2.24) is 0 Å². The van der Waals surface area contributed by atoms with Crippen LogP contribution in [0, 0.1) is 0 Å². The van der Waals surface area contributed by atoms with Gasteiger partial charge in [0.05, 0.1) is 6.61 Å². The van der Waals surface area contributed by atoms with Gasteiger partial charge in [0.15, 0.2) is 6.10 Å². The molecule has 276 valence electrons. The number of carbonyl (C=O) groups is 2. The molecule has 0 saturated carbocycles. The van der Waals surface area contributed by atoms with Crippen LogP contribution in [0.3, 0.4) is 0 Å². The summed E-state index contributed by atoms with van der Waals surface area (Å²) in [6.07, 6.45) is 49.9. The van der Waals surface area contributed by atoms with Crippen LogP contribution in [0.4, 0.5) is 0 Å². The number of carbonyl (C=O) groups excluding carboxylic acids is 2. The highest BCUT2D eigenvalue weighted by Gasteiger charge is 2.16. The van der Waals surface area contributed by atoms with Gasteiger partial charge in [0, 0.05) is 12.8 Å². The minimum Gasteiger partial charge on any atom is -0.462 e. The van der Waals surface area contributed by atoms with Gasteiger partial charge in [-0.25, -0.2) is 0 Å². The molecule has 0 rings (SSSR count). The Morgan fingerprint density at radius 2 is 0.833 bits per heavy atom. The van der Waals surface area contributed by atoms with E-state index in [1.807, 2.05) is 0 Å². The Kier molecular flexibility index (Phi) is 37.1. The van der Waals surface area contributed by atoms with Crippen LogP contribution in [0.15, 0.2) is 60.8 Å². The molecular formula is C43H74O5. The topological polar surface area (TPSA) is 72.8 Å². The van der Waals surface area contributed by atoms with Gasteiger partial charge in [-0.1, -0.05) is 145 Å². The van der Waals surface area contributed by atoms with E-state index < -0.39 is 6.10 Å². The van der Waals surface area contributed by atoms with Crippen molar-refractivity contribution in [1.29, 1.82) is 0 Å². The molecule has 5 heteroatoms. The predicted octanol–water partition coefficient (Wildman–Crippen LogP) is 12.4. The molecule has 0 bridgehead atoms. The Labute approximate surface area is 296 Å². The van der Waals surface area contributed by atoms with Gasteiger partial charge in [0.25, 0.3) is 0 Å². The first-order chi connectivity index (χ1) is 23.6. The summed E-state index contributed by atoms with van der Waals surface area (Å²) in [6, 6.07) is 0. The molecular weight excluding hydrogens is 596 g/mol. The summed E-state index contributed by atoms with van der Waals surface area (Å²) in [5.41, 5.74) is 0. The molecule has 1 atom stereocenters. The first-order valence-corrected chi connectivity index (χ1v) is 19.8. The second-order valence-corrected chi connectivity index (χ2v) is 13.0. The van der Waals surface area contributed by atoms with Crippen molar-refractivity contribution in [3.63, 3.8) is 0 Å². The van der Waals surface area contributed by atoms with Gasteiger partial charge in [-0.15, -0.1) is 0 Å². The molecule has 0 aliphatic heterocycles. The smallest absolute Gasteiger partial charge is 0.306 e. The average molecular weight is 671 g/mol. The van der Waals surface area contributed by atoms with E-state index in [2.05, 4.69) is 74.6 Å². The fourth-order valence-corrected chi connectivity index (χ4v) is 5.24. The maximum Gasteiger partial charge on any atom is 0.306 e. The third-order valence-corrected chi connectivity index (χ3v) is 8.28. The highest BCUT2D eigenvalue weighted by Crippen LogP contribution is 2.13. The summed E-state index contributed by atoms with van der Waals surface area (Å²) in [7, 11) is 0. The van der Waals surface area contributed by atoms with Crippen LogP contribution in [-0.4, -0.2) is 36.4 Å². The van der Waals surface area contributed by atoms with E-state index in [4.69, 9.17) is 9.47 Å². The van der Waals surface area contributed by atoms with E-state index in [1.54, 1.807) is 0 Å². The van der Waals surface area contributed by atoms with Crippen LogP contribution in [0.2, 0.25) is 0 Å². The van der Waals surface area contributed by atoms with E-state index in [1.165, 1.54) is 96.3 Å². The number of rotatable bonds is 35. The molecule has 0 saturated heterocycles. The third kappa shape index (κ3) is 36.4. The maximum atomic E-state index is 12.2. The van der Waals surface area contributed by atoms with Gasteiger partial charge >= 0.3 is 11.9 Å². The first-order valence-electron chi connectivity index (χ1n) is 19.8. The molecule has 0 aliphatic carbocycles. The highest BCUT2D eigenvalue weighted by molar-refractivity contribution is 5.70. The summed E-state index contributed by atoms with van der Waals surface area (Å²) in [4.78, 5) is 24.2. The normalized spacial score (nSPS) is 12.8. The van der Waals surface area contributed by atoms with Crippen LogP contribution in [0.1, 0.15) is 181 Å². The average Bonchev–Trinajstić information content (AvgIpc) is 3.09. The Bertz CT molecular complexity index is 853. The van der Waals surface area contributed by atoms with E-state index in [-0.39, 0.29) is 25.2 Å². The molecule has 0 aromatic heterocycles. The number of unbranched alkanes of at least 4 members (excludes halogenated alkanes) is 17. The molecule has 0 aromatic carbocycles. The lowest BCUT2D eigenvalue weighted by Crippen LogP contribution is -2.28. The van der Waals surface area contributed by atoms with Gasteiger partial charge in [-0.2, -0.15) is 0 Å². The predicted molar refractivity (Wildman–Crippen MR) is 205 cm³/mol. The quantitative estimate of drug-likeness (QED) is 0.0413. The van der Waals surface area contributed by atoms with Crippen molar-refractivity contribution in [3.8, 4) is 0 Å². The van der Waals surface area contributed by atoms with Crippen LogP contribution in [-0.2, 0) is 19.1 Å². The SMILES string of the molecule is CCCCC/C=C\C/C=C\C/C=C\CCCCC(=O)OC[C@H](CO)OC(=O)CCCCCCCCCCC/C=C\C/C=C\CCCCC. The standard InChI is InChI=1S/C43H74O5/c1-3-5-7-9-11-13-15-17-19-20-21-22-24-26-28-30-32-34-36-38-43(46)48-41(39-44)40-47-42(45)37-35-33-31-29-27-25-23-18-16-14-12-10-8-6-4-2/h11-14,17-19,23,27,29,41,44H,3-10,15-16,20-22,24-26,28,30-40H2,1-2H3/b13-11-,14-12-,19-17-,23-18-,29-27-/t41-/m0/s1. The molecule has 0 radical (unpaired) electrons. The molecule has 0 heterocycles. The van der Waals surface area contributed by atoms with E-state index in [0.717, 1.165) is 57.8 Å². The van der Waals surface area contributed by atoms with Crippen LogP contribution in [0.25, 0.3) is 0 Å². The zero-order valence-electron chi connectivity index (χ0n) is 31.2. The van der Waals surface area contributed by atoms with Gasteiger partial charge in [-0.3, -0.25) is 9.59 Å².